The van der Waals surface area contributed by atoms with E-state index in [0.29, 0.717) is 31.7 Å². The molecule has 1 saturated heterocycles. The lowest BCUT2D eigenvalue weighted by Crippen LogP contribution is -2.48. The van der Waals surface area contributed by atoms with Crippen molar-refractivity contribution in [1.29, 1.82) is 0 Å². The van der Waals surface area contributed by atoms with E-state index in [4.69, 9.17) is 9.88 Å². The highest BCUT2D eigenvalue weighted by molar-refractivity contribution is 7.89. The van der Waals surface area contributed by atoms with Crippen LogP contribution in [-0.4, -0.2) is 57.7 Å². The van der Waals surface area contributed by atoms with E-state index in [2.05, 4.69) is 0 Å². The molecule has 1 aliphatic heterocycles. The first-order valence-electron chi connectivity index (χ1n) is 7.83. The number of aliphatic hydroxyl groups excluding tert-OH is 1. The van der Waals surface area contributed by atoms with Crippen molar-refractivity contribution in [2.24, 2.45) is 10.6 Å². The van der Waals surface area contributed by atoms with Gasteiger partial charge in [0, 0.05) is 37.8 Å². The number of carbonyl (C=O) groups excluding carboxylic acids is 1. The highest BCUT2D eigenvalue weighted by atomic mass is 32.2. The highest BCUT2D eigenvalue weighted by Crippen LogP contribution is 2.33. The van der Waals surface area contributed by atoms with Crippen LogP contribution in [0.25, 0.3) is 0 Å². The van der Waals surface area contributed by atoms with Crippen LogP contribution in [0.2, 0.25) is 0 Å². The molecular formula is C16H24N2O5S. The summed E-state index contributed by atoms with van der Waals surface area (Å²) >= 11 is 0. The van der Waals surface area contributed by atoms with E-state index >= 15 is 0 Å². The minimum absolute atomic E-state index is 0.00446. The van der Waals surface area contributed by atoms with Crippen LogP contribution in [0.5, 0.6) is 0 Å². The zero-order valence-electron chi connectivity index (χ0n) is 13.8. The predicted octanol–water partition coefficient (Wildman–Crippen LogP) is 0.585. The van der Waals surface area contributed by atoms with Crippen LogP contribution < -0.4 is 5.14 Å². The minimum Gasteiger partial charge on any atom is -0.396 e. The Hall–Kier alpha value is -1.48. The Morgan fingerprint density at radius 1 is 1.38 bits per heavy atom. The third-order valence-electron chi connectivity index (χ3n) is 4.55. The molecule has 1 aliphatic rings. The van der Waals surface area contributed by atoms with E-state index in [1.165, 1.54) is 24.3 Å². The van der Waals surface area contributed by atoms with Gasteiger partial charge >= 0.3 is 0 Å². The molecule has 1 aromatic carbocycles. The first-order chi connectivity index (χ1) is 11.3. The number of ether oxygens (including phenoxy) is 1. The molecule has 0 bridgehead atoms. The summed E-state index contributed by atoms with van der Waals surface area (Å²) in [5.74, 6) is -0.175. The average Bonchev–Trinajstić information content (AvgIpc) is 2.59. The smallest absolute Gasteiger partial charge is 0.253 e. The van der Waals surface area contributed by atoms with Crippen molar-refractivity contribution in [3.8, 4) is 0 Å². The fraction of sp³-hybridized carbons (Fsp3) is 0.562. The molecule has 1 fully saturated rings. The Morgan fingerprint density at radius 2 is 2.04 bits per heavy atom. The van der Waals surface area contributed by atoms with Gasteiger partial charge in [-0.05, 0) is 43.5 Å². The van der Waals surface area contributed by atoms with Crippen molar-refractivity contribution < 1.29 is 23.1 Å². The maximum atomic E-state index is 12.7. The second-order valence-electron chi connectivity index (χ2n) is 6.30. The van der Waals surface area contributed by atoms with E-state index in [9.17, 15) is 18.3 Å². The number of aliphatic hydroxyl groups is 1. The van der Waals surface area contributed by atoms with Crippen LogP contribution in [0, 0.1) is 5.41 Å². The summed E-state index contributed by atoms with van der Waals surface area (Å²) in [6.45, 7) is 1.61. The summed E-state index contributed by atoms with van der Waals surface area (Å²) in [7, 11) is -2.16. The molecule has 1 atom stereocenters. The molecule has 0 radical (unpaired) electrons. The third-order valence-corrected chi connectivity index (χ3v) is 5.48. The van der Waals surface area contributed by atoms with Crippen LogP contribution in [0.15, 0.2) is 29.2 Å². The fourth-order valence-corrected chi connectivity index (χ4v) is 3.60. The van der Waals surface area contributed by atoms with Crippen molar-refractivity contribution in [3.05, 3.63) is 29.8 Å². The van der Waals surface area contributed by atoms with Gasteiger partial charge in [-0.3, -0.25) is 4.79 Å². The lowest BCUT2D eigenvalue weighted by molar-refractivity contribution is 0.00898. The number of methoxy groups -OCH3 is 1. The van der Waals surface area contributed by atoms with Crippen LogP contribution >= 0.6 is 0 Å². The minimum atomic E-state index is -3.77. The van der Waals surface area contributed by atoms with Crippen molar-refractivity contribution >= 4 is 15.9 Å². The van der Waals surface area contributed by atoms with Gasteiger partial charge in [0.25, 0.3) is 5.91 Å². The molecule has 7 nitrogen and oxygen atoms in total. The van der Waals surface area contributed by atoms with E-state index in [-0.39, 0.29) is 22.8 Å². The van der Waals surface area contributed by atoms with Gasteiger partial charge in [-0.25, -0.2) is 13.6 Å². The zero-order valence-corrected chi connectivity index (χ0v) is 14.6. The van der Waals surface area contributed by atoms with Gasteiger partial charge < -0.3 is 14.7 Å². The van der Waals surface area contributed by atoms with Crippen molar-refractivity contribution in [1.82, 2.24) is 4.90 Å². The summed E-state index contributed by atoms with van der Waals surface area (Å²) in [4.78, 5) is 14.4. The molecule has 0 unspecified atom stereocenters. The molecule has 24 heavy (non-hydrogen) atoms. The maximum Gasteiger partial charge on any atom is 0.253 e. The third kappa shape index (κ3) is 4.32. The molecular weight excluding hydrogens is 332 g/mol. The number of rotatable bonds is 6. The maximum absolute atomic E-state index is 12.7. The first kappa shape index (κ1) is 18.9. The number of hydrogen-bond acceptors (Lipinski definition) is 5. The fourth-order valence-electron chi connectivity index (χ4n) is 3.08. The van der Waals surface area contributed by atoms with Crippen LogP contribution in [0.1, 0.15) is 29.6 Å². The number of piperidine rings is 1. The van der Waals surface area contributed by atoms with Crippen molar-refractivity contribution in [3.63, 3.8) is 0 Å². The second-order valence-corrected chi connectivity index (χ2v) is 7.86. The summed E-state index contributed by atoms with van der Waals surface area (Å²) in [5.41, 5.74) is 0.0626. The Kier molecular flexibility index (Phi) is 5.97. The van der Waals surface area contributed by atoms with E-state index in [0.717, 1.165) is 12.8 Å². The number of likely N-dealkylation sites (tertiary alicyclic amines) is 1. The Labute approximate surface area is 142 Å². The number of carbonyl (C=O) groups is 1. The molecule has 1 heterocycles. The number of nitrogens with two attached hydrogens (primary N) is 1. The predicted molar refractivity (Wildman–Crippen MR) is 89.0 cm³/mol. The van der Waals surface area contributed by atoms with Gasteiger partial charge in [-0.1, -0.05) is 0 Å². The molecule has 8 heteroatoms. The number of benzene rings is 1. The number of nitrogens with zero attached hydrogens (tertiary/aromatic N) is 1. The monoisotopic (exact) mass is 356 g/mol. The van der Waals surface area contributed by atoms with Gasteiger partial charge in [-0.15, -0.1) is 0 Å². The van der Waals surface area contributed by atoms with Gasteiger partial charge in [0.15, 0.2) is 0 Å². The summed E-state index contributed by atoms with van der Waals surface area (Å²) in [5, 5.41) is 14.9. The Bertz CT molecular complexity index is 674. The van der Waals surface area contributed by atoms with E-state index in [1.54, 1.807) is 12.0 Å². The van der Waals surface area contributed by atoms with Crippen molar-refractivity contribution in [2.75, 3.05) is 33.4 Å². The van der Waals surface area contributed by atoms with Gasteiger partial charge in [0.05, 0.1) is 11.5 Å². The summed E-state index contributed by atoms with van der Waals surface area (Å²) in [6.07, 6.45) is 2.35. The second kappa shape index (κ2) is 7.60. The largest absolute Gasteiger partial charge is 0.396 e. The van der Waals surface area contributed by atoms with Gasteiger partial charge in [0.2, 0.25) is 10.0 Å². The molecule has 0 aliphatic carbocycles. The molecule has 0 aromatic heterocycles. The zero-order chi connectivity index (χ0) is 17.8. The average molecular weight is 356 g/mol. The molecule has 2 rings (SSSR count). The SMILES string of the molecule is COCC[C@@]1(CO)CCCN(C(=O)c2ccc(S(N)(=O)=O)cc2)C1. The standard InChI is InChI=1S/C16H24N2O5S/c1-23-10-8-16(12-19)7-2-9-18(11-16)15(20)13-3-5-14(6-4-13)24(17,21)22/h3-6,19H,2,7-12H2,1H3,(H2,17,21,22)/t16-/m0/s1. The molecule has 134 valence electrons. The molecule has 3 N–H and O–H groups in total. The van der Waals surface area contributed by atoms with Crippen molar-refractivity contribution in [2.45, 2.75) is 24.2 Å². The first-order valence-corrected chi connectivity index (χ1v) is 9.38. The molecule has 0 spiro atoms. The quantitative estimate of drug-likeness (QED) is 0.775. The Morgan fingerprint density at radius 3 is 2.58 bits per heavy atom. The van der Waals surface area contributed by atoms with Crippen LogP contribution in [-0.2, 0) is 14.8 Å². The summed E-state index contributed by atoms with van der Waals surface area (Å²) in [6, 6.07) is 5.59. The lowest BCUT2D eigenvalue weighted by atomic mass is 9.78. The molecule has 1 aromatic rings. The van der Waals surface area contributed by atoms with E-state index in [1.807, 2.05) is 0 Å². The highest BCUT2D eigenvalue weighted by Gasteiger charge is 2.36. The molecule has 0 saturated carbocycles. The van der Waals surface area contributed by atoms with Gasteiger partial charge in [-0.2, -0.15) is 0 Å². The van der Waals surface area contributed by atoms with Gasteiger partial charge in [0.1, 0.15) is 0 Å². The number of primary sulfonamides is 1. The van der Waals surface area contributed by atoms with Crippen LogP contribution in [0.3, 0.4) is 0 Å². The normalized spacial score (nSPS) is 21.7. The molecule has 1 amide bonds. The number of sulfonamides is 1. The number of hydrogen-bond donors (Lipinski definition) is 2. The Balaban J connectivity index is 2.14. The van der Waals surface area contributed by atoms with E-state index < -0.39 is 10.0 Å². The topological polar surface area (TPSA) is 110 Å². The van der Waals surface area contributed by atoms with Crippen LogP contribution in [0.4, 0.5) is 0 Å². The number of amides is 1. The lowest BCUT2D eigenvalue weighted by Gasteiger charge is -2.41. The summed E-state index contributed by atoms with van der Waals surface area (Å²) < 4.78 is 27.7.